The predicted molar refractivity (Wildman–Crippen MR) is 56.6 cm³/mol. The normalized spacial score (nSPS) is 35.6. The highest BCUT2D eigenvalue weighted by Gasteiger charge is 2.46. The number of cyclic esters (lactones) is 1. The van der Waals surface area contributed by atoms with Crippen molar-refractivity contribution in [3.63, 3.8) is 0 Å². The molecule has 0 aromatic rings. The lowest BCUT2D eigenvalue weighted by Gasteiger charge is -2.24. The molecule has 4 nitrogen and oxygen atoms in total. The third-order valence-electron chi connectivity index (χ3n) is 3.14. The van der Waals surface area contributed by atoms with Crippen molar-refractivity contribution in [3.05, 3.63) is 0 Å². The van der Waals surface area contributed by atoms with Gasteiger partial charge < -0.3 is 9.47 Å². The van der Waals surface area contributed by atoms with Gasteiger partial charge in [0.2, 0.25) is 6.29 Å². The van der Waals surface area contributed by atoms with E-state index in [1.54, 1.807) is 0 Å². The van der Waals surface area contributed by atoms with Gasteiger partial charge in [-0.3, -0.25) is 4.79 Å². The molecule has 0 radical (unpaired) electrons. The van der Waals surface area contributed by atoms with Crippen molar-refractivity contribution in [3.8, 4) is 0 Å². The number of rotatable bonds is 1. The molecule has 2 rings (SSSR count). The van der Waals surface area contributed by atoms with E-state index in [0.29, 0.717) is 12.8 Å². The maximum atomic E-state index is 11.7. The van der Waals surface area contributed by atoms with E-state index >= 15 is 0 Å². The summed E-state index contributed by atoms with van der Waals surface area (Å²) in [6, 6.07) is 0. The molecule has 4 heteroatoms. The molecule has 0 spiro atoms. The second-order valence-electron chi connectivity index (χ2n) is 5.73. The van der Waals surface area contributed by atoms with Crippen molar-refractivity contribution in [1.82, 2.24) is 0 Å². The fraction of sp³-hybridized carbons (Fsp3) is 0.833. The molecule has 0 amide bonds. The number of hydrogen-bond donors (Lipinski definition) is 0. The van der Waals surface area contributed by atoms with E-state index in [-0.39, 0.29) is 23.1 Å². The molecule has 2 fully saturated rings. The fourth-order valence-corrected chi connectivity index (χ4v) is 2.17. The van der Waals surface area contributed by atoms with Crippen LogP contribution in [0, 0.1) is 11.3 Å². The summed E-state index contributed by atoms with van der Waals surface area (Å²) in [5.41, 5.74) is -0.215. The second-order valence-corrected chi connectivity index (χ2v) is 5.73. The van der Waals surface area contributed by atoms with Gasteiger partial charge >= 0.3 is 5.97 Å². The lowest BCUT2D eigenvalue weighted by Crippen LogP contribution is -2.29. The number of esters is 1. The van der Waals surface area contributed by atoms with Gasteiger partial charge in [-0.2, -0.15) is 0 Å². The lowest BCUT2D eigenvalue weighted by atomic mass is 9.96. The molecule has 1 heterocycles. The second kappa shape index (κ2) is 3.84. The highest BCUT2D eigenvalue weighted by molar-refractivity contribution is 5.83. The number of carbonyl (C=O) groups excluding carboxylic acids is 2. The van der Waals surface area contributed by atoms with Crippen LogP contribution in [0.4, 0.5) is 0 Å². The summed E-state index contributed by atoms with van der Waals surface area (Å²) in [6.07, 6.45) is 0.751. The zero-order valence-corrected chi connectivity index (χ0v) is 9.99. The first-order chi connectivity index (χ1) is 7.38. The van der Waals surface area contributed by atoms with Gasteiger partial charge in [0.1, 0.15) is 5.78 Å². The molecule has 1 aliphatic carbocycles. The number of Topliss-reactive ketones (excluding diaryl/α,β-unsaturated/α-hetero) is 1. The highest BCUT2D eigenvalue weighted by atomic mass is 16.8. The standard InChI is InChI=1S/C12H18O4/c1-12(2,3)11-15-9(10(14)16-11)7-4-5-8(13)6-7/h7,9,11H,4-6H2,1-3H3. The number of ether oxygens (including phenoxy) is 2. The summed E-state index contributed by atoms with van der Waals surface area (Å²) in [6.45, 7) is 5.90. The average molecular weight is 226 g/mol. The zero-order chi connectivity index (χ0) is 11.9. The Balaban J connectivity index is 2.03. The van der Waals surface area contributed by atoms with Crippen LogP contribution in [0.3, 0.4) is 0 Å². The van der Waals surface area contributed by atoms with E-state index in [1.807, 2.05) is 20.8 Å². The fourth-order valence-electron chi connectivity index (χ4n) is 2.17. The van der Waals surface area contributed by atoms with E-state index in [0.717, 1.165) is 6.42 Å². The maximum Gasteiger partial charge on any atom is 0.338 e. The minimum absolute atomic E-state index is 0.0207. The van der Waals surface area contributed by atoms with Gasteiger partial charge in [-0.05, 0) is 6.42 Å². The summed E-state index contributed by atoms with van der Waals surface area (Å²) >= 11 is 0. The van der Waals surface area contributed by atoms with Crippen molar-refractivity contribution < 1.29 is 19.1 Å². The molecular formula is C12H18O4. The molecule has 90 valence electrons. The Kier molecular flexibility index (Phi) is 2.78. The van der Waals surface area contributed by atoms with Crippen molar-refractivity contribution in [2.24, 2.45) is 11.3 Å². The first-order valence-electron chi connectivity index (χ1n) is 5.75. The van der Waals surface area contributed by atoms with Gasteiger partial charge in [-0.15, -0.1) is 0 Å². The first kappa shape index (κ1) is 11.6. The molecule has 3 unspecified atom stereocenters. The van der Waals surface area contributed by atoms with Crippen LogP contribution in [-0.2, 0) is 19.1 Å². The SMILES string of the molecule is CC(C)(C)C1OC(=O)C(C2CCC(=O)C2)O1. The predicted octanol–water partition coefficient (Wildman–Crippen LogP) is 1.67. The van der Waals surface area contributed by atoms with E-state index < -0.39 is 12.4 Å². The van der Waals surface area contributed by atoms with Crippen LogP contribution in [0.2, 0.25) is 0 Å². The Morgan fingerprint density at radius 1 is 1.25 bits per heavy atom. The molecule has 0 aromatic carbocycles. The molecule has 1 saturated carbocycles. The van der Waals surface area contributed by atoms with Gasteiger partial charge in [0.25, 0.3) is 0 Å². The molecular weight excluding hydrogens is 208 g/mol. The Hall–Kier alpha value is -0.900. The summed E-state index contributed by atoms with van der Waals surface area (Å²) in [5, 5.41) is 0. The largest absolute Gasteiger partial charge is 0.433 e. The third-order valence-corrected chi connectivity index (χ3v) is 3.14. The van der Waals surface area contributed by atoms with E-state index in [2.05, 4.69) is 0 Å². The summed E-state index contributed by atoms with van der Waals surface area (Å²) < 4.78 is 10.9. The monoisotopic (exact) mass is 226 g/mol. The summed E-state index contributed by atoms with van der Waals surface area (Å²) in [7, 11) is 0. The van der Waals surface area contributed by atoms with Crippen molar-refractivity contribution in [1.29, 1.82) is 0 Å². The topological polar surface area (TPSA) is 52.6 Å². The number of ketones is 1. The van der Waals surface area contributed by atoms with Gasteiger partial charge in [-0.1, -0.05) is 20.8 Å². The average Bonchev–Trinajstić information content (AvgIpc) is 2.70. The van der Waals surface area contributed by atoms with Crippen molar-refractivity contribution in [2.45, 2.75) is 52.4 Å². The van der Waals surface area contributed by atoms with Crippen LogP contribution >= 0.6 is 0 Å². The van der Waals surface area contributed by atoms with Gasteiger partial charge in [0.15, 0.2) is 6.10 Å². The van der Waals surface area contributed by atoms with Crippen molar-refractivity contribution in [2.75, 3.05) is 0 Å². The third kappa shape index (κ3) is 2.12. The minimum Gasteiger partial charge on any atom is -0.433 e. The number of hydrogen-bond acceptors (Lipinski definition) is 4. The van der Waals surface area contributed by atoms with Gasteiger partial charge in [0.05, 0.1) is 0 Å². The van der Waals surface area contributed by atoms with Crippen LogP contribution in [0.25, 0.3) is 0 Å². The molecule has 0 N–H and O–H groups in total. The highest BCUT2D eigenvalue weighted by Crippen LogP contribution is 2.36. The van der Waals surface area contributed by atoms with E-state index in [1.165, 1.54) is 0 Å². The quantitative estimate of drug-likeness (QED) is 0.638. The molecule has 1 aliphatic heterocycles. The lowest BCUT2D eigenvalue weighted by molar-refractivity contribution is -0.154. The van der Waals surface area contributed by atoms with Crippen LogP contribution in [0.5, 0.6) is 0 Å². The summed E-state index contributed by atoms with van der Waals surface area (Å²) in [4.78, 5) is 22.9. The smallest absolute Gasteiger partial charge is 0.338 e. The molecule has 16 heavy (non-hydrogen) atoms. The minimum atomic E-state index is -0.532. The Morgan fingerprint density at radius 2 is 1.94 bits per heavy atom. The maximum absolute atomic E-state index is 11.7. The van der Waals surface area contributed by atoms with Crippen LogP contribution in [0.15, 0.2) is 0 Å². The Bertz CT molecular complexity index is 315. The van der Waals surface area contributed by atoms with Gasteiger partial charge in [-0.25, -0.2) is 4.79 Å². The Morgan fingerprint density at radius 3 is 2.38 bits per heavy atom. The molecule has 0 aromatic heterocycles. The van der Waals surface area contributed by atoms with Crippen LogP contribution < -0.4 is 0 Å². The molecule has 3 atom stereocenters. The van der Waals surface area contributed by atoms with Gasteiger partial charge in [0, 0.05) is 24.2 Å². The molecule has 0 bridgehead atoms. The first-order valence-corrected chi connectivity index (χ1v) is 5.75. The van der Waals surface area contributed by atoms with Crippen LogP contribution in [-0.4, -0.2) is 24.1 Å². The molecule has 2 aliphatic rings. The Labute approximate surface area is 95.3 Å². The van der Waals surface area contributed by atoms with E-state index in [9.17, 15) is 9.59 Å². The van der Waals surface area contributed by atoms with Crippen LogP contribution in [0.1, 0.15) is 40.0 Å². The van der Waals surface area contributed by atoms with Crippen molar-refractivity contribution >= 4 is 11.8 Å². The number of carbonyl (C=O) groups is 2. The zero-order valence-electron chi connectivity index (χ0n) is 9.99. The molecule has 1 saturated heterocycles. The van der Waals surface area contributed by atoms with E-state index in [4.69, 9.17) is 9.47 Å². The summed E-state index contributed by atoms with van der Waals surface area (Å²) in [5.74, 6) is -0.0624.